The highest BCUT2D eigenvalue weighted by molar-refractivity contribution is 7.92. The third kappa shape index (κ3) is 8.92. The van der Waals surface area contributed by atoms with Gasteiger partial charge in [-0.25, -0.2) is 13.2 Å². The molecule has 0 spiro atoms. The Kier molecular flexibility index (Phi) is 12.2. The van der Waals surface area contributed by atoms with Gasteiger partial charge in [0, 0.05) is 18.5 Å². The fourth-order valence-corrected chi connectivity index (χ4v) is 10.3. The van der Waals surface area contributed by atoms with Crippen LogP contribution in [0.15, 0.2) is 0 Å². The lowest BCUT2D eigenvalue weighted by atomic mass is 9.78. The topological polar surface area (TPSA) is 171 Å². The second-order valence-electron chi connectivity index (χ2n) is 14.8. The fourth-order valence-electron chi connectivity index (χ4n) is 7.45. The summed E-state index contributed by atoms with van der Waals surface area (Å²) < 4.78 is 26.0. The summed E-state index contributed by atoms with van der Waals surface area (Å²) >= 11 is 12.6. The van der Waals surface area contributed by atoms with Crippen molar-refractivity contribution in [3.63, 3.8) is 0 Å². The molecule has 5 amide bonds. The molecule has 15 heteroatoms. The zero-order valence-electron chi connectivity index (χ0n) is 27.9. The number of amides is 5. The molecule has 0 aromatic carbocycles. The number of urea groups is 1. The first-order valence-electron chi connectivity index (χ1n) is 17.0. The minimum atomic E-state index is -3.37. The van der Waals surface area contributed by atoms with E-state index in [2.05, 4.69) is 21.3 Å². The van der Waals surface area contributed by atoms with Gasteiger partial charge in [0.15, 0.2) is 9.84 Å². The number of ketones is 1. The summed E-state index contributed by atoms with van der Waals surface area (Å²) in [5.74, 6) is -3.24. The van der Waals surface area contributed by atoms with Crippen LogP contribution in [0.2, 0.25) is 0 Å². The lowest BCUT2D eigenvalue weighted by molar-refractivity contribution is -0.144. The Morgan fingerprint density at radius 1 is 0.936 bits per heavy atom. The monoisotopic (exact) mass is 719 g/mol. The molecule has 2 saturated carbocycles. The van der Waals surface area contributed by atoms with E-state index in [0.717, 1.165) is 32.1 Å². The number of carbonyl (C=O) groups is 5. The Bertz CT molecular complexity index is 1310. The molecule has 2 saturated heterocycles. The van der Waals surface area contributed by atoms with Gasteiger partial charge in [0.05, 0.1) is 22.6 Å². The summed E-state index contributed by atoms with van der Waals surface area (Å²) in [5, 5.41) is 10.6. The van der Waals surface area contributed by atoms with Crippen LogP contribution in [0.5, 0.6) is 0 Å². The third-order valence-corrected chi connectivity index (χ3v) is 13.2. The SMILES string of the molecule is CCC[C@H](NC(=O)[C@@H]1[C@@H](C(Cl)Cl)CCN1C(=O)[C@@H](NC(=O)NC1([C@H]2CCCS2(=O)=O)CCCCC1)C(C)(C)C)C(=O)C(=O)NC1CC1. The van der Waals surface area contributed by atoms with Crippen LogP contribution >= 0.6 is 23.2 Å². The lowest BCUT2D eigenvalue weighted by Crippen LogP contribution is -2.65. The van der Waals surface area contributed by atoms with Crippen molar-refractivity contribution in [1.82, 2.24) is 26.2 Å². The molecule has 0 aromatic rings. The molecule has 4 N–H and O–H groups in total. The van der Waals surface area contributed by atoms with Crippen LogP contribution in [-0.2, 0) is 29.0 Å². The number of hydrogen-bond acceptors (Lipinski definition) is 7. The summed E-state index contributed by atoms with van der Waals surface area (Å²) in [6.45, 7) is 7.33. The van der Waals surface area contributed by atoms with E-state index in [-0.39, 0.29) is 24.8 Å². The number of nitrogens with zero attached hydrogens (tertiary/aromatic N) is 1. The summed E-state index contributed by atoms with van der Waals surface area (Å²) in [6, 6.07) is -4.00. The summed E-state index contributed by atoms with van der Waals surface area (Å²) in [4.78, 5) is 67.8. The fraction of sp³-hybridized carbons (Fsp3) is 0.844. The first kappa shape index (κ1) is 37.7. The number of rotatable bonds is 12. The standard InChI is InChI=1S/C32H51Cl2N5O7S/c1-5-10-21(24(40)28(42)35-19-12-13-19)36-27(41)23-20(26(33)34)14-17-39(23)29(43)25(31(2,3)4)37-30(44)38-32(15-7-6-8-16-32)22-11-9-18-47(22,45)46/h19-23,25-26H,5-18H2,1-4H3,(H,35,42)(H,36,41)(H2,37,38,44)/t20-,21-,22+,23-,25+/m0/s1. The zero-order chi connectivity index (χ0) is 34.7. The van der Waals surface area contributed by atoms with E-state index in [1.807, 2.05) is 6.92 Å². The molecule has 2 heterocycles. The van der Waals surface area contributed by atoms with E-state index in [0.29, 0.717) is 38.5 Å². The van der Waals surface area contributed by atoms with Crippen molar-refractivity contribution >= 4 is 62.6 Å². The number of carbonyl (C=O) groups excluding carboxylic acids is 5. The van der Waals surface area contributed by atoms with E-state index < -0.39 is 84.5 Å². The molecule has 2 aliphatic heterocycles. The van der Waals surface area contributed by atoms with Crippen molar-refractivity contribution in [2.24, 2.45) is 11.3 Å². The Morgan fingerprint density at radius 2 is 1.60 bits per heavy atom. The van der Waals surface area contributed by atoms with Gasteiger partial charge >= 0.3 is 6.03 Å². The molecule has 4 aliphatic rings. The molecule has 4 rings (SSSR count). The van der Waals surface area contributed by atoms with Crippen molar-refractivity contribution in [2.75, 3.05) is 12.3 Å². The van der Waals surface area contributed by atoms with Crippen molar-refractivity contribution in [3.8, 4) is 0 Å². The number of halogens is 2. The first-order chi connectivity index (χ1) is 22.0. The number of nitrogens with one attached hydrogen (secondary N) is 4. The molecular formula is C32H51Cl2N5O7S. The van der Waals surface area contributed by atoms with Crippen molar-refractivity contribution in [1.29, 1.82) is 0 Å². The Morgan fingerprint density at radius 3 is 2.13 bits per heavy atom. The second-order valence-corrected chi connectivity index (χ2v) is 18.3. The maximum Gasteiger partial charge on any atom is 0.315 e. The number of sulfone groups is 1. The Hall–Kier alpha value is -2.12. The van der Waals surface area contributed by atoms with Crippen molar-refractivity contribution < 1.29 is 32.4 Å². The molecule has 0 unspecified atom stereocenters. The molecule has 2 aliphatic carbocycles. The molecule has 0 aromatic heterocycles. The van der Waals surface area contributed by atoms with Crippen LogP contribution in [-0.4, -0.2) is 94.9 Å². The summed E-state index contributed by atoms with van der Waals surface area (Å²) in [6.07, 6.45) is 7.32. The van der Waals surface area contributed by atoms with Gasteiger partial charge < -0.3 is 26.2 Å². The number of Topliss-reactive ketones (excluding diaryl/α,β-unsaturated/α-hetero) is 1. The Labute approximate surface area is 288 Å². The zero-order valence-corrected chi connectivity index (χ0v) is 30.2. The highest BCUT2D eigenvalue weighted by atomic mass is 35.5. The van der Waals surface area contributed by atoms with E-state index in [1.54, 1.807) is 20.8 Å². The first-order valence-corrected chi connectivity index (χ1v) is 19.6. The maximum atomic E-state index is 14.3. The Balaban J connectivity index is 1.54. The van der Waals surface area contributed by atoms with E-state index in [4.69, 9.17) is 23.2 Å². The van der Waals surface area contributed by atoms with Gasteiger partial charge in [0.2, 0.25) is 17.6 Å². The quantitative estimate of drug-likeness (QED) is 0.177. The second kappa shape index (κ2) is 15.2. The van der Waals surface area contributed by atoms with Crippen molar-refractivity contribution in [3.05, 3.63) is 0 Å². The molecule has 12 nitrogen and oxygen atoms in total. The largest absolute Gasteiger partial charge is 0.347 e. The minimum absolute atomic E-state index is 0.0281. The molecular weight excluding hydrogens is 669 g/mol. The van der Waals surface area contributed by atoms with Crippen LogP contribution in [0.4, 0.5) is 4.79 Å². The molecule has 4 fully saturated rings. The van der Waals surface area contributed by atoms with Crippen LogP contribution in [0.3, 0.4) is 0 Å². The van der Waals surface area contributed by atoms with Crippen LogP contribution in [0, 0.1) is 11.3 Å². The molecule has 0 bridgehead atoms. The minimum Gasteiger partial charge on any atom is -0.347 e. The average Bonchev–Trinajstić information content (AvgIpc) is 3.55. The predicted molar refractivity (Wildman–Crippen MR) is 180 cm³/mol. The van der Waals surface area contributed by atoms with Crippen LogP contribution in [0.25, 0.3) is 0 Å². The van der Waals surface area contributed by atoms with E-state index in [9.17, 15) is 32.4 Å². The van der Waals surface area contributed by atoms with Crippen molar-refractivity contribution in [2.45, 2.75) is 145 Å². The summed E-state index contributed by atoms with van der Waals surface area (Å²) in [7, 11) is -3.37. The highest BCUT2D eigenvalue weighted by Gasteiger charge is 2.52. The smallest absolute Gasteiger partial charge is 0.315 e. The van der Waals surface area contributed by atoms with Gasteiger partial charge in [0.1, 0.15) is 16.9 Å². The van der Waals surface area contributed by atoms with Gasteiger partial charge in [-0.2, -0.15) is 0 Å². The van der Waals surface area contributed by atoms with Gasteiger partial charge in [-0.3, -0.25) is 19.2 Å². The predicted octanol–water partition coefficient (Wildman–Crippen LogP) is 3.13. The van der Waals surface area contributed by atoms with E-state index >= 15 is 0 Å². The number of alkyl halides is 2. The molecule has 266 valence electrons. The van der Waals surface area contributed by atoms with Gasteiger partial charge in [-0.15, -0.1) is 23.2 Å². The third-order valence-electron chi connectivity index (χ3n) is 10.1. The molecule has 47 heavy (non-hydrogen) atoms. The van der Waals surface area contributed by atoms with Gasteiger partial charge in [-0.1, -0.05) is 53.4 Å². The highest BCUT2D eigenvalue weighted by Crippen LogP contribution is 2.40. The summed E-state index contributed by atoms with van der Waals surface area (Å²) in [5.41, 5.74) is -1.73. The molecule has 0 radical (unpaired) electrons. The average molecular weight is 721 g/mol. The van der Waals surface area contributed by atoms with Gasteiger partial charge in [-0.05, 0) is 56.8 Å². The number of likely N-dealkylation sites (tertiary alicyclic amines) is 1. The van der Waals surface area contributed by atoms with Gasteiger partial charge in [0.25, 0.3) is 5.91 Å². The molecule has 5 atom stereocenters. The normalized spacial score (nSPS) is 26.7. The van der Waals surface area contributed by atoms with E-state index in [1.165, 1.54) is 4.90 Å². The van der Waals surface area contributed by atoms with Crippen LogP contribution in [0.1, 0.15) is 105 Å². The lowest BCUT2D eigenvalue weighted by Gasteiger charge is -2.43. The maximum absolute atomic E-state index is 14.3. The number of hydrogen-bond donors (Lipinski definition) is 4. The van der Waals surface area contributed by atoms with Crippen LogP contribution < -0.4 is 21.3 Å².